The first-order valence-electron chi connectivity index (χ1n) is 5.10. The Morgan fingerprint density at radius 3 is 3.00 bits per heavy atom. The van der Waals surface area contributed by atoms with Crippen LogP contribution in [0.1, 0.15) is 6.04 Å². The van der Waals surface area contributed by atoms with Gasteiger partial charge in [-0.15, -0.1) is 0 Å². The molecule has 0 aliphatic carbocycles. The van der Waals surface area contributed by atoms with Gasteiger partial charge in [0.25, 0.3) is 0 Å². The summed E-state index contributed by atoms with van der Waals surface area (Å²) in [6.45, 7) is 2.02. The molecule has 3 rings (SSSR count). The lowest BCUT2D eigenvalue weighted by Crippen LogP contribution is -2.43. The molecule has 1 aliphatic rings. The average molecular weight is 203 g/mol. The van der Waals surface area contributed by atoms with Gasteiger partial charge in [-0.05, 0) is 12.1 Å². The van der Waals surface area contributed by atoms with E-state index < -0.39 is 0 Å². The maximum absolute atomic E-state index is 5.22. The third kappa shape index (κ3) is 1.29. The fraction of sp³-hybridized carbons (Fsp3) is 0.364. The zero-order valence-corrected chi connectivity index (χ0v) is 8.60. The van der Waals surface area contributed by atoms with Crippen LogP contribution in [-0.4, -0.2) is 30.0 Å². The summed E-state index contributed by atoms with van der Waals surface area (Å²) in [4.78, 5) is 0. The zero-order chi connectivity index (χ0) is 10.3. The highest BCUT2D eigenvalue weighted by Gasteiger charge is 2.21. The van der Waals surface area contributed by atoms with Gasteiger partial charge in [-0.1, -0.05) is 0 Å². The van der Waals surface area contributed by atoms with Gasteiger partial charge in [0.15, 0.2) is 0 Å². The molecule has 0 unspecified atom stereocenters. The van der Waals surface area contributed by atoms with Crippen molar-refractivity contribution in [3.63, 3.8) is 0 Å². The lowest BCUT2D eigenvalue weighted by atomic mass is 10.1. The molecule has 78 valence electrons. The minimum Gasteiger partial charge on any atom is -0.497 e. The molecule has 0 radical (unpaired) electrons. The van der Waals surface area contributed by atoms with Crippen molar-refractivity contribution in [2.24, 2.45) is 0 Å². The van der Waals surface area contributed by atoms with Crippen LogP contribution < -0.4 is 10.1 Å². The average Bonchev–Trinajstić information content (AvgIpc) is 2.59. The summed E-state index contributed by atoms with van der Waals surface area (Å²) in [6.07, 6.45) is 1.91. The van der Waals surface area contributed by atoms with Gasteiger partial charge in [-0.25, -0.2) is 0 Å². The maximum Gasteiger partial charge on any atom is 0.121 e. The summed E-state index contributed by atoms with van der Waals surface area (Å²) in [5.41, 5.74) is 1.15. The molecule has 1 aromatic carbocycles. The standard InChI is InChI=1S/C11H13N3O/c1-15-10-3-2-8-5-13-14(11(8)4-10)9-6-12-7-9/h2-5,9,12H,6-7H2,1H3. The van der Waals surface area contributed by atoms with Gasteiger partial charge in [-0.2, -0.15) is 5.10 Å². The van der Waals surface area contributed by atoms with Crippen molar-refractivity contribution < 1.29 is 4.74 Å². The number of fused-ring (bicyclic) bond motifs is 1. The summed E-state index contributed by atoms with van der Waals surface area (Å²) in [5.74, 6) is 0.886. The van der Waals surface area contributed by atoms with Crippen molar-refractivity contribution in [1.29, 1.82) is 0 Å². The predicted molar refractivity (Wildman–Crippen MR) is 58.2 cm³/mol. The van der Waals surface area contributed by atoms with Crippen LogP contribution in [0.2, 0.25) is 0 Å². The van der Waals surface area contributed by atoms with Gasteiger partial charge in [0.2, 0.25) is 0 Å². The topological polar surface area (TPSA) is 39.1 Å². The normalized spacial score (nSPS) is 16.6. The van der Waals surface area contributed by atoms with Crippen LogP contribution in [0.5, 0.6) is 5.75 Å². The van der Waals surface area contributed by atoms with Crippen LogP contribution in [0.15, 0.2) is 24.4 Å². The molecule has 0 spiro atoms. The maximum atomic E-state index is 5.22. The molecule has 4 nitrogen and oxygen atoms in total. The summed E-state index contributed by atoms with van der Waals surface area (Å²) >= 11 is 0. The summed E-state index contributed by atoms with van der Waals surface area (Å²) in [7, 11) is 1.69. The summed E-state index contributed by atoms with van der Waals surface area (Å²) in [5, 5.41) is 8.83. The Balaban J connectivity index is 2.13. The monoisotopic (exact) mass is 203 g/mol. The van der Waals surface area contributed by atoms with Crippen LogP contribution in [0.4, 0.5) is 0 Å². The highest BCUT2D eigenvalue weighted by Crippen LogP contribution is 2.24. The lowest BCUT2D eigenvalue weighted by molar-refractivity contribution is 0.326. The quantitative estimate of drug-likeness (QED) is 0.796. The summed E-state index contributed by atoms with van der Waals surface area (Å²) < 4.78 is 7.30. The third-order valence-electron chi connectivity index (χ3n) is 2.91. The Morgan fingerprint density at radius 2 is 2.33 bits per heavy atom. The van der Waals surface area contributed by atoms with E-state index in [1.165, 1.54) is 5.39 Å². The number of aromatic nitrogens is 2. The summed E-state index contributed by atoms with van der Waals surface area (Å²) in [6, 6.07) is 6.55. The Hall–Kier alpha value is -1.55. The Bertz CT molecular complexity index is 488. The van der Waals surface area contributed by atoms with E-state index in [0.29, 0.717) is 6.04 Å². The van der Waals surface area contributed by atoms with E-state index in [9.17, 15) is 0 Å². The van der Waals surface area contributed by atoms with Crippen molar-refractivity contribution in [2.45, 2.75) is 6.04 Å². The molecular formula is C11H13N3O. The highest BCUT2D eigenvalue weighted by molar-refractivity contribution is 5.80. The van der Waals surface area contributed by atoms with Crippen LogP contribution >= 0.6 is 0 Å². The fourth-order valence-electron chi connectivity index (χ4n) is 1.88. The van der Waals surface area contributed by atoms with E-state index in [0.717, 1.165) is 24.4 Å². The fourth-order valence-corrected chi connectivity index (χ4v) is 1.88. The van der Waals surface area contributed by atoms with Gasteiger partial charge >= 0.3 is 0 Å². The smallest absolute Gasteiger partial charge is 0.121 e. The van der Waals surface area contributed by atoms with Crippen molar-refractivity contribution in [1.82, 2.24) is 15.1 Å². The Morgan fingerprint density at radius 1 is 1.47 bits per heavy atom. The van der Waals surface area contributed by atoms with Crippen LogP contribution in [0, 0.1) is 0 Å². The van der Waals surface area contributed by atoms with Crippen molar-refractivity contribution >= 4 is 10.9 Å². The van der Waals surface area contributed by atoms with E-state index in [-0.39, 0.29) is 0 Å². The second-order valence-electron chi connectivity index (χ2n) is 3.83. The van der Waals surface area contributed by atoms with Gasteiger partial charge in [-0.3, -0.25) is 4.68 Å². The van der Waals surface area contributed by atoms with Gasteiger partial charge in [0.1, 0.15) is 5.75 Å². The third-order valence-corrected chi connectivity index (χ3v) is 2.91. The van der Waals surface area contributed by atoms with Crippen LogP contribution in [0.3, 0.4) is 0 Å². The molecule has 0 atom stereocenters. The second kappa shape index (κ2) is 3.24. The molecule has 1 aromatic heterocycles. The van der Waals surface area contributed by atoms with Crippen LogP contribution in [-0.2, 0) is 0 Å². The first-order valence-corrected chi connectivity index (χ1v) is 5.10. The van der Waals surface area contributed by atoms with Crippen LogP contribution in [0.25, 0.3) is 10.9 Å². The van der Waals surface area contributed by atoms with E-state index >= 15 is 0 Å². The minimum atomic E-state index is 0.495. The molecule has 1 saturated heterocycles. The number of nitrogens with one attached hydrogen (secondary N) is 1. The van der Waals surface area contributed by atoms with Crippen molar-refractivity contribution in [3.05, 3.63) is 24.4 Å². The SMILES string of the molecule is COc1ccc2cnn(C3CNC3)c2c1. The lowest BCUT2D eigenvalue weighted by Gasteiger charge is -2.27. The Labute approximate surface area is 87.8 Å². The van der Waals surface area contributed by atoms with Gasteiger partial charge in [0, 0.05) is 24.5 Å². The van der Waals surface area contributed by atoms with E-state index in [2.05, 4.69) is 15.1 Å². The van der Waals surface area contributed by atoms with Gasteiger partial charge < -0.3 is 10.1 Å². The Kier molecular flexibility index (Phi) is 1.89. The second-order valence-corrected chi connectivity index (χ2v) is 3.83. The predicted octanol–water partition coefficient (Wildman–Crippen LogP) is 1.19. The van der Waals surface area contributed by atoms with Crippen molar-refractivity contribution in [2.75, 3.05) is 20.2 Å². The number of hydrogen-bond donors (Lipinski definition) is 1. The molecule has 0 bridgehead atoms. The molecule has 2 heterocycles. The highest BCUT2D eigenvalue weighted by atomic mass is 16.5. The number of rotatable bonds is 2. The molecule has 4 heteroatoms. The number of benzene rings is 1. The van der Waals surface area contributed by atoms with E-state index in [4.69, 9.17) is 4.74 Å². The molecule has 15 heavy (non-hydrogen) atoms. The zero-order valence-electron chi connectivity index (χ0n) is 8.60. The molecule has 1 aliphatic heterocycles. The molecule has 0 saturated carbocycles. The first kappa shape index (κ1) is 8.73. The number of ether oxygens (including phenoxy) is 1. The molecule has 1 fully saturated rings. The minimum absolute atomic E-state index is 0.495. The largest absolute Gasteiger partial charge is 0.497 e. The molecule has 1 N–H and O–H groups in total. The van der Waals surface area contributed by atoms with E-state index in [1.807, 2.05) is 24.4 Å². The van der Waals surface area contributed by atoms with Gasteiger partial charge in [0.05, 0.1) is 24.9 Å². The first-order chi connectivity index (χ1) is 7.38. The number of hydrogen-bond acceptors (Lipinski definition) is 3. The van der Waals surface area contributed by atoms with E-state index in [1.54, 1.807) is 7.11 Å². The van der Waals surface area contributed by atoms with Crippen molar-refractivity contribution in [3.8, 4) is 5.75 Å². The molecule has 2 aromatic rings. The molecule has 0 amide bonds. The number of nitrogens with zero attached hydrogens (tertiary/aromatic N) is 2. The number of methoxy groups -OCH3 is 1. The molecular weight excluding hydrogens is 190 g/mol.